The second-order valence-electron chi connectivity index (χ2n) is 19.0. The van der Waals surface area contributed by atoms with E-state index < -0.39 is 18.2 Å². The molecule has 1 amide bonds. The number of amides is 1. The minimum atomic E-state index is -0.784. The number of allylic oxidation sites excluding steroid dienone is 2. The second kappa shape index (κ2) is 49.6. The van der Waals surface area contributed by atoms with Crippen LogP contribution in [0.4, 0.5) is 0 Å². The summed E-state index contributed by atoms with van der Waals surface area (Å²) in [5.41, 5.74) is 0. The number of carbonyl (C=O) groups is 2. The molecule has 0 aromatic carbocycles. The Morgan fingerprint density at radius 3 is 1.16 bits per heavy atom. The SMILES string of the molecule is CCCCCCCCC/C=C\CCCCCC(=O)OC(CCCCCCCCCCCCCCC)CC(=O)NC(CO)C(O)CCCCCCCCCCCCCCCCC. The Kier molecular flexibility index (Phi) is 48.5. The molecule has 362 valence electrons. The Morgan fingerprint density at radius 2 is 0.787 bits per heavy atom. The summed E-state index contributed by atoms with van der Waals surface area (Å²) in [6, 6.07) is -0.698. The molecule has 6 heteroatoms. The number of ether oxygens (including phenoxy) is 1. The molecule has 0 heterocycles. The lowest BCUT2D eigenvalue weighted by molar-refractivity contribution is -0.151. The van der Waals surface area contributed by atoms with Crippen LogP contribution in [0.2, 0.25) is 0 Å². The first-order valence-corrected chi connectivity index (χ1v) is 27.4. The molecule has 3 atom stereocenters. The smallest absolute Gasteiger partial charge is 0.306 e. The summed E-state index contributed by atoms with van der Waals surface area (Å²) in [6.07, 6.45) is 55.6. The maximum absolute atomic E-state index is 13.2. The number of carbonyl (C=O) groups excluding carboxylic acids is 2. The second-order valence-corrected chi connectivity index (χ2v) is 19.0. The van der Waals surface area contributed by atoms with Gasteiger partial charge in [0.1, 0.15) is 6.10 Å². The minimum absolute atomic E-state index is 0.0791. The fourth-order valence-corrected chi connectivity index (χ4v) is 8.66. The van der Waals surface area contributed by atoms with Gasteiger partial charge in [0.25, 0.3) is 0 Å². The van der Waals surface area contributed by atoms with Gasteiger partial charge in [0.2, 0.25) is 5.91 Å². The Hall–Kier alpha value is -1.40. The summed E-state index contributed by atoms with van der Waals surface area (Å²) >= 11 is 0. The van der Waals surface area contributed by atoms with Crippen molar-refractivity contribution in [2.24, 2.45) is 0 Å². The zero-order valence-electron chi connectivity index (χ0n) is 41.3. The van der Waals surface area contributed by atoms with E-state index in [0.717, 1.165) is 51.4 Å². The van der Waals surface area contributed by atoms with Crippen molar-refractivity contribution >= 4 is 11.9 Å². The summed E-state index contributed by atoms with van der Waals surface area (Å²) < 4.78 is 5.94. The van der Waals surface area contributed by atoms with Crippen LogP contribution in [-0.4, -0.2) is 46.9 Å². The van der Waals surface area contributed by atoms with E-state index in [1.807, 2.05) is 0 Å². The molecule has 0 aliphatic heterocycles. The Morgan fingerprint density at radius 1 is 0.459 bits per heavy atom. The molecular weight excluding hydrogens is 755 g/mol. The standard InChI is InChI=1S/C55H107NO5/c1-4-7-10-13-16-19-22-25-27-29-32-35-38-41-44-47-53(58)52(50-57)56-54(59)49-51(46-43-40-37-34-31-28-24-21-18-15-12-9-6-3)61-55(60)48-45-42-39-36-33-30-26-23-20-17-14-11-8-5-2/h30,33,51-53,57-58H,4-29,31-32,34-50H2,1-3H3,(H,56,59)/b33-30-. The molecule has 0 radical (unpaired) electrons. The van der Waals surface area contributed by atoms with Crippen LogP contribution in [0.5, 0.6) is 0 Å². The molecule has 6 nitrogen and oxygen atoms in total. The quantitative estimate of drug-likeness (QED) is 0.0322. The van der Waals surface area contributed by atoms with Gasteiger partial charge in [-0.3, -0.25) is 9.59 Å². The number of hydrogen-bond acceptors (Lipinski definition) is 5. The van der Waals surface area contributed by atoms with Gasteiger partial charge in [-0.2, -0.15) is 0 Å². The molecule has 0 aromatic heterocycles. The third-order valence-corrected chi connectivity index (χ3v) is 12.8. The molecule has 61 heavy (non-hydrogen) atoms. The van der Waals surface area contributed by atoms with Crippen molar-refractivity contribution in [2.45, 2.75) is 322 Å². The maximum atomic E-state index is 13.2. The molecule has 0 saturated carbocycles. The van der Waals surface area contributed by atoms with Crippen molar-refractivity contribution < 1.29 is 24.5 Å². The highest BCUT2D eigenvalue weighted by molar-refractivity contribution is 5.77. The molecule has 0 aliphatic carbocycles. The zero-order chi connectivity index (χ0) is 44.5. The van der Waals surface area contributed by atoms with Crippen LogP contribution in [0.3, 0.4) is 0 Å². The van der Waals surface area contributed by atoms with Crippen molar-refractivity contribution in [3.8, 4) is 0 Å². The number of aliphatic hydroxyl groups is 2. The van der Waals surface area contributed by atoms with Crippen LogP contribution in [0.25, 0.3) is 0 Å². The summed E-state index contributed by atoms with van der Waals surface area (Å²) in [7, 11) is 0. The van der Waals surface area contributed by atoms with E-state index in [9.17, 15) is 19.8 Å². The number of rotatable bonds is 50. The van der Waals surface area contributed by atoms with Crippen molar-refractivity contribution in [1.29, 1.82) is 0 Å². The lowest BCUT2D eigenvalue weighted by Crippen LogP contribution is -2.46. The minimum Gasteiger partial charge on any atom is -0.462 e. The van der Waals surface area contributed by atoms with Gasteiger partial charge in [0.15, 0.2) is 0 Å². The topological polar surface area (TPSA) is 95.9 Å². The summed E-state index contributed by atoms with van der Waals surface area (Å²) in [5, 5.41) is 23.8. The molecule has 0 bridgehead atoms. The average molecular weight is 862 g/mol. The molecule has 0 fully saturated rings. The summed E-state index contributed by atoms with van der Waals surface area (Å²) in [6.45, 7) is 6.51. The monoisotopic (exact) mass is 862 g/mol. The van der Waals surface area contributed by atoms with Gasteiger partial charge >= 0.3 is 5.97 Å². The number of nitrogens with one attached hydrogen (secondary N) is 1. The highest BCUT2D eigenvalue weighted by Crippen LogP contribution is 2.19. The first kappa shape index (κ1) is 59.6. The highest BCUT2D eigenvalue weighted by Gasteiger charge is 2.24. The lowest BCUT2D eigenvalue weighted by atomic mass is 10.0. The highest BCUT2D eigenvalue weighted by atomic mass is 16.5. The first-order valence-electron chi connectivity index (χ1n) is 27.4. The zero-order valence-corrected chi connectivity index (χ0v) is 41.3. The van der Waals surface area contributed by atoms with Crippen molar-refractivity contribution in [3.05, 3.63) is 12.2 Å². The van der Waals surface area contributed by atoms with Gasteiger partial charge in [-0.25, -0.2) is 0 Å². The molecule has 3 N–H and O–H groups in total. The Balaban J connectivity index is 4.52. The molecule has 3 unspecified atom stereocenters. The lowest BCUT2D eigenvalue weighted by Gasteiger charge is -2.24. The van der Waals surface area contributed by atoms with Gasteiger partial charge in [0, 0.05) is 6.42 Å². The fraction of sp³-hybridized carbons (Fsp3) is 0.927. The molecule has 0 aliphatic rings. The predicted molar refractivity (Wildman–Crippen MR) is 264 cm³/mol. The molecular formula is C55H107NO5. The average Bonchev–Trinajstić information content (AvgIpc) is 3.25. The summed E-state index contributed by atoms with van der Waals surface area (Å²) in [4.78, 5) is 26.2. The normalized spacial score (nSPS) is 13.2. The predicted octanol–water partition coefficient (Wildman–Crippen LogP) is 16.5. The Labute approximate surface area is 380 Å². The van der Waals surface area contributed by atoms with Gasteiger partial charge in [-0.1, -0.05) is 251 Å². The number of unbranched alkanes of at least 4 members (excludes halogenated alkanes) is 36. The molecule has 0 saturated heterocycles. The van der Waals surface area contributed by atoms with Crippen molar-refractivity contribution in [3.63, 3.8) is 0 Å². The molecule has 0 aromatic rings. The fourth-order valence-electron chi connectivity index (χ4n) is 8.66. The van der Waals surface area contributed by atoms with Gasteiger partial charge in [0.05, 0.1) is 25.2 Å². The molecule has 0 rings (SSSR count). The van der Waals surface area contributed by atoms with Crippen LogP contribution in [0, 0.1) is 0 Å². The third-order valence-electron chi connectivity index (χ3n) is 12.8. The van der Waals surface area contributed by atoms with E-state index in [2.05, 4.69) is 38.2 Å². The van der Waals surface area contributed by atoms with Crippen LogP contribution in [0.15, 0.2) is 12.2 Å². The molecule has 0 spiro atoms. The Bertz CT molecular complexity index is 924. The van der Waals surface area contributed by atoms with Crippen molar-refractivity contribution in [2.75, 3.05) is 6.61 Å². The van der Waals surface area contributed by atoms with Gasteiger partial charge < -0.3 is 20.3 Å². The van der Waals surface area contributed by atoms with Crippen LogP contribution < -0.4 is 5.32 Å². The number of aliphatic hydroxyl groups excluding tert-OH is 2. The van der Waals surface area contributed by atoms with E-state index in [0.29, 0.717) is 19.3 Å². The van der Waals surface area contributed by atoms with Crippen LogP contribution in [-0.2, 0) is 14.3 Å². The van der Waals surface area contributed by atoms with Crippen LogP contribution in [0.1, 0.15) is 303 Å². The largest absolute Gasteiger partial charge is 0.462 e. The number of esters is 1. The van der Waals surface area contributed by atoms with E-state index in [1.54, 1.807) is 0 Å². The van der Waals surface area contributed by atoms with E-state index in [1.165, 1.54) is 205 Å². The first-order chi connectivity index (χ1) is 30.0. The van der Waals surface area contributed by atoms with Gasteiger partial charge in [-0.15, -0.1) is 0 Å². The third kappa shape index (κ3) is 45.0. The number of hydrogen-bond donors (Lipinski definition) is 3. The maximum Gasteiger partial charge on any atom is 0.306 e. The van der Waals surface area contributed by atoms with E-state index in [4.69, 9.17) is 4.74 Å². The van der Waals surface area contributed by atoms with E-state index in [-0.39, 0.29) is 24.9 Å². The summed E-state index contributed by atoms with van der Waals surface area (Å²) in [5.74, 6) is -0.473. The van der Waals surface area contributed by atoms with E-state index >= 15 is 0 Å². The van der Waals surface area contributed by atoms with Gasteiger partial charge in [-0.05, 0) is 51.4 Å². The van der Waals surface area contributed by atoms with Crippen LogP contribution >= 0.6 is 0 Å². The van der Waals surface area contributed by atoms with Crippen molar-refractivity contribution in [1.82, 2.24) is 5.32 Å².